The van der Waals surface area contributed by atoms with Crippen LogP contribution in [0.4, 0.5) is 18.9 Å². The molecule has 0 aliphatic rings. The molecule has 1 amide bonds. The third-order valence-corrected chi connectivity index (χ3v) is 4.20. The van der Waals surface area contributed by atoms with Crippen LogP contribution < -0.4 is 5.32 Å². The Labute approximate surface area is 155 Å². The number of carbonyl (C=O) groups excluding carboxylic acids is 1. The van der Waals surface area contributed by atoms with Crippen LogP contribution in [0.1, 0.15) is 5.56 Å². The predicted molar refractivity (Wildman–Crippen MR) is 92.7 cm³/mol. The summed E-state index contributed by atoms with van der Waals surface area (Å²) < 4.78 is 44.4. The number of furan rings is 1. The van der Waals surface area contributed by atoms with Crippen molar-refractivity contribution < 1.29 is 22.4 Å². The lowest BCUT2D eigenvalue weighted by Crippen LogP contribution is -2.38. The van der Waals surface area contributed by atoms with Crippen molar-refractivity contribution in [2.24, 2.45) is 0 Å². The Hall–Kier alpha value is -3.13. The van der Waals surface area contributed by atoms with Gasteiger partial charge in [0.1, 0.15) is 5.76 Å². The highest BCUT2D eigenvalue weighted by Crippen LogP contribution is 2.40. The fourth-order valence-electron chi connectivity index (χ4n) is 2.74. The van der Waals surface area contributed by atoms with Gasteiger partial charge in [-0.1, -0.05) is 12.2 Å². The lowest BCUT2D eigenvalue weighted by atomic mass is 10.2. The van der Waals surface area contributed by atoms with Gasteiger partial charge >= 0.3 is 12.1 Å². The number of nitrogens with zero attached hydrogens (tertiary/aromatic N) is 3. The molecule has 2 N–H and O–H groups in total. The van der Waals surface area contributed by atoms with E-state index in [2.05, 4.69) is 14.8 Å². The number of H-pyrrole nitrogens is 1. The van der Waals surface area contributed by atoms with E-state index in [1.807, 2.05) is 5.32 Å². The number of fused-ring (bicyclic) bond motifs is 1. The monoisotopic (exact) mass is 395 g/mol. The molecule has 7 nitrogen and oxygen atoms in total. The highest BCUT2D eigenvalue weighted by Gasteiger charge is 2.38. The fourth-order valence-corrected chi connectivity index (χ4v) is 3.01. The van der Waals surface area contributed by atoms with Gasteiger partial charge in [0.15, 0.2) is 4.64 Å². The molecule has 0 bridgehead atoms. The first-order valence-corrected chi connectivity index (χ1v) is 8.03. The third kappa shape index (κ3) is 3.31. The number of aromatic amines is 1. The molecule has 0 spiro atoms. The molecule has 0 fully saturated rings. The quantitative estimate of drug-likeness (QED) is 0.519. The summed E-state index contributed by atoms with van der Waals surface area (Å²) in [4.78, 5) is 21.4. The van der Waals surface area contributed by atoms with Gasteiger partial charge in [0.05, 0.1) is 35.9 Å². The van der Waals surface area contributed by atoms with Gasteiger partial charge in [-0.15, -0.1) is 0 Å². The number of amides is 1. The molecule has 0 aliphatic carbocycles. The molecule has 0 atom stereocenters. The third-order valence-electron chi connectivity index (χ3n) is 3.90. The van der Waals surface area contributed by atoms with Gasteiger partial charge in [-0.3, -0.25) is 4.79 Å². The van der Waals surface area contributed by atoms with E-state index in [0.29, 0.717) is 22.5 Å². The maximum Gasteiger partial charge on any atom is 0.471 e. The van der Waals surface area contributed by atoms with E-state index in [1.165, 1.54) is 17.2 Å². The van der Waals surface area contributed by atoms with E-state index in [4.69, 9.17) is 23.2 Å². The number of hydrogen-bond donors (Lipinski definition) is 2. The first kappa shape index (κ1) is 18.7. The average Bonchev–Trinajstić information content (AvgIpc) is 3.15. The van der Waals surface area contributed by atoms with Gasteiger partial charge < -0.3 is 19.3 Å². The SMILES string of the molecule is [C-]#[N+]c1c(-c2occc2C)n(CCNC(=O)C(F)(F)F)c2c(=S)nc[nH]c12. The molecule has 3 heterocycles. The summed E-state index contributed by atoms with van der Waals surface area (Å²) in [5, 5.41) is 1.81. The summed E-state index contributed by atoms with van der Waals surface area (Å²) in [6, 6.07) is 1.70. The fraction of sp³-hybridized carbons (Fsp3) is 0.250. The molecule has 3 aromatic rings. The molecule has 140 valence electrons. The number of aryl methyl sites for hydroxylation is 1. The number of rotatable bonds is 4. The van der Waals surface area contributed by atoms with Crippen LogP contribution in [-0.4, -0.2) is 33.2 Å². The van der Waals surface area contributed by atoms with Gasteiger partial charge in [-0.05, 0) is 18.6 Å². The maximum atomic E-state index is 12.4. The van der Waals surface area contributed by atoms with Crippen molar-refractivity contribution >= 4 is 34.8 Å². The van der Waals surface area contributed by atoms with Crippen LogP contribution in [0.15, 0.2) is 23.1 Å². The molecule has 0 saturated heterocycles. The number of hydrogen-bond acceptors (Lipinski definition) is 4. The number of aromatic nitrogens is 3. The first-order chi connectivity index (χ1) is 12.8. The van der Waals surface area contributed by atoms with Crippen LogP contribution in [0.3, 0.4) is 0 Å². The van der Waals surface area contributed by atoms with E-state index in [-0.39, 0.29) is 23.4 Å². The number of carbonyl (C=O) groups is 1. The van der Waals surface area contributed by atoms with Gasteiger partial charge in [0, 0.05) is 13.1 Å². The van der Waals surface area contributed by atoms with Gasteiger partial charge in [-0.25, -0.2) is 9.83 Å². The minimum absolute atomic E-state index is 0.0630. The molecule has 3 rings (SSSR count). The van der Waals surface area contributed by atoms with Crippen molar-refractivity contribution in [3.63, 3.8) is 0 Å². The molecule has 27 heavy (non-hydrogen) atoms. The number of nitrogens with one attached hydrogen (secondary N) is 2. The van der Waals surface area contributed by atoms with Crippen LogP contribution in [0.2, 0.25) is 0 Å². The predicted octanol–water partition coefficient (Wildman–Crippen LogP) is 3.89. The smallest absolute Gasteiger partial charge is 0.464 e. The Balaban J connectivity index is 2.13. The Morgan fingerprint density at radius 2 is 2.26 bits per heavy atom. The topological polar surface area (TPSA) is 80.2 Å². The maximum absolute atomic E-state index is 12.4. The molecule has 0 unspecified atom stereocenters. The zero-order chi connectivity index (χ0) is 19.8. The molecule has 0 aliphatic heterocycles. The molecule has 0 radical (unpaired) electrons. The van der Waals surface area contributed by atoms with Crippen LogP contribution in [0.25, 0.3) is 27.3 Å². The van der Waals surface area contributed by atoms with E-state index in [0.717, 1.165) is 5.56 Å². The van der Waals surface area contributed by atoms with Crippen LogP contribution in [0.5, 0.6) is 0 Å². The summed E-state index contributed by atoms with van der Waals surface area (Å²) in [7, 11) is 0. The number of halogens is 3. The van der Waals surface area contributed by atoms with E-state index >= 15 is 0 Å². The normalized spacial score (nSPS) is 11.5. The van der Waals surface area contributed by atoms with Crippen molar-refractivity contribution in [2.75, 3.05) is 6.54 Å². The molecular weight excluding hydrogens is 383 g/mol. The van der Waals surface area contributed by atoms with Gasteiger partial charge in [0.2, 0.25) is 5.69 Å². The highest BCUT2D eigenvalue weighted by molar-refractivity contribution is 7.71. The summed E-state index contributed by atoms with van der Waals surface area (Å²) in [5.74, 6) is -1.65. The Kier molecular flexibility index (Phi) is 4.75. The Morgan fingerprint density at radius 3 is 2.85 bits per heavy atom. The van der Waals surface area contributed by atoms with Crippen molar-refractivity contribution in [1.82, 2.24) is 19.9 Å². The lowest BCUT2D eigenvalue weighted by Gasteiger charge is -2.12. The lowest BCUT2D eigenvalue weighted by molar-refractivity contribution is -0.173. The second-order valence-electron chi connectivity index (χ2n) is 5.58. The zero-order valence-electron chi connectivity index (χ0n) is 13.8. The second kappa shape index (κ2) is 6.88. The molecule has 0 saturated carbocycles. The summed E-state index contributed by atoms with van der Waals surface area (Å²) >= 11 is 5.23. The van der Waals surface area contributed by atoms with Crippen molar-refractivity contribution in [1.29, 1.82) is 0 Å². The molecular formula is C16H12F3N5O2S. The van der Waals surface area contributed by atoms with E-state index in [9.17, 15) is 18.0 Å². The standard InChI is InChI=1S/C16H12F3N5O2S/c1-8-3-6-26-13(8)11-9(20-2)10-12(14(27)23-7-22-10)24(11)5-4-21-15(25)16(17,18)19/h3,6-7H,4-5H2,1H3,(H,21,25)(H,22,23,27). The largest absolute Gasteiger partial charge is 0.471 e. The molecule has 11 heteroatoms. The van der Waals surface area contributed by atoms with E-state index < -0.39 is 12.1 Å². The number of alkyl halides is 3. The van der Waals surface area contributed by atoms with Crippen LogP contribution >= 0.6 is 12.2 Å². The van der Waals surface area contributed by atoms with Gasteiger partial charge in [-0.2, -0.15) is 13.2 Å². The van der Waals surface area contributed by atoms with E-state index in [1.54, 1.807) is 13.0 Å². The summed E-state index contributed by atoms with van der Waals surface area (Å²) in [6.07, 6.45) is -2.18. The van der Waals surface area contributed by atoms with Gasteiger partial charge in [0.25, 0.3) is 0 Å². The van der Waals surface area contributed by atoms with Crippen LogP contribution in [0, 0.1) is 18.1 Å². The summed E-state index contributed by atoms with van der Waals surface area (Å²) in [6.45, 7) is 8.92. The Bertz CT molecular complexity index is 1120. The minimum Gasteiger partial charge on any atom is -0.464 e. The average molecular weight is 395 g/mol. The molecule has 3 aromatic heterocycles. The first-order valence-electron chi connectivity index (χ1n) is 7.62. The summed E-state index contributed by atoms with van der Waals surface area (Å²) in [5.41, 5.74) is 2.09. The van der Waals surface area contributed by atoms with Crippen molar-refractivity contribution in [3.05, 3.63) is 40.3 Å². The molecule has 0 aromatic carbocycles. The highest BCUT2D eigenvalue weighted by atomic mass is 32.1. The Morgan fingerprint density at radius 1 is 1.52 bits per heavy atom. The minimum atomic E-state index is -4.97. The second-order valence-corrected chi connectivity index (χ2v) is 5.97. The zero-order valence-corrected chi connectivity index (χ0v) is 14.7. The van der Waals surface area contributed by atoms with Crippen LogP contribution in [-0.2, 0) is 11.3 Å². The van der Waals surface area contributed by atoms with Crippen molar-refractivity contribution in [3.8, 4) is 11.5 Å². The van der Waals surface area contributed by atoms with Crippen molar-refractivity contribution in [2.45, 2.75) is 19.6 Å².